The Morgan fingerprint density at radius 3 is 2.75 bits per heavy atom. The number of benzene rings is 1. The molecule has 1 fully saturated rings. The van der Waals surface area contributed by atoms with E-state index in [1.165, 1.54) is 6.07 Å². The molecule has 0 bridgehead atoms. The Hall–Kier alpha value is -3.55. The zero-order chi connectivity index (χ0) is 22.2. The smallest absolute Gasteiger partial charge is 0.263 e. The van der Waals surface area contributed by atoms with Crippen LogP contribution in [-0.4, -0.2) is 32.8 Å². The Morgan fingerprint density at radius 2 is 2.03 bits per heavy atom. The van der Waals surface area contributed by atoms with Gasteiger partial charge in [-0.2, -0.15) is 4.98 Å². The molecule has 0 N–H and O–H groups in total. The Labute approximate surface area is 184 Å². The number of rotatable bonds is 4. The third kappa shape index (κ3) is 3.55. The Morgan fingerprint density at radius 1 is 1.22 bits per heavy atom. The lowest BCUT2D eigenvalue weighted by Gasteiger charge is -2.32. The number of nitrogens with zero attached hydrogens (tertiary/aromatic N) is 5. The first-order chi connectivity index (χ1) is 15.5. The van der Waals surface area contributed by atoms with E-state index in [-0.39, 0.29) is 22.7 Å². The van der Waals surface area contributed by atoms with E-state index >= 15 is 4.39 Å². The van der Waals surface area contributed by atoms with Crippen molar-refractivity contribution in [1.29, 1.82) is 0 Å². The molecule has 7 nitrogen and oxygen atoms in total. The Bertz CT molecular complexity index is 1320. The van der Waals surface area contributed by atoms with Gasteiger partial charge < -0.3 is 14.0 Å². The van der Waals surface area contributed by atoms with Crippen LogP contribution in [0.3, 0.4) is 0 Å². The second kappa shape index (κ2) is 8.18. The molecule has 8 heteroatoms. The first kappa shape index (κ1) is 20.4. The van der Waals surface area contributed by atoms with Gasteiger partial charge in [-0.1, -0.05) is 18.1 Å². The molecule has 0 radical (unpaired) electrons. The molecule has 0 aliphatic carbocycles. The summed E-state index contributed by atoms with van der Waals surface area (Å²) in [5.41, 5.74) is 1.70. The van der Waals surface area contributed by atoms with Gasteiger partial charge in [0, 0.05) is 37.4 Å². The second-order valence-corrected chi connectivity index (χ2v) is 8.29. The number of halogens is 1. The van der Waals surface area contributed by atoms with E-state index in [0.717, 1.165) is 25.9 Å². The van der Waals surface area contributed by atoms with Crippen molar-refractivity contribution in [2.75, 3.05) is 18.0 Å². The van der Waals surface area contributed by atoms with Crippen LogP contribution >= 0.6 is 0 Å². The molecular formula is C24H24FN5O2. The van der Waals surface area contributed by atoms with Crippen molar-refractivity contribution in [3.8, 4) is 23.0 Å². The molecule has 0 saturated carbocycles. The van der Waals surface area contributed by atoms with Crippen LogP contribution < -0.4 is 10.3 Å². The van der Waals surface area contributed by atoms with Gasteiger partial charge in [-0.05, 0) is 49.9 Å². The first-order valence-electron chi connectivity index (χ1n) is 10.9. The fraction of sp³-hybridized carbons (Fsp3) is 0.333. The van der Waals surface area contributed by atoms with E-state index in [1.807, 2.05) is 17.6 Å². The molecule has 4 aromatic rings. The van der Waals surface area contributed by atoms with Crippen LogP contribution in [0.2, 0.25) is 0 Å². The summed E-state index contributed by atoms with van der Waals surface area (Å²) in [5, 5.41) is 4.26. The Balaban J connectivity index is 1.60. The monoisotopic (exact) mass is 433 g/mol. The van der Waals surface area contributed by atoms with Crippen LogP contribution in [0.4, 0.5) is 10.1 Å². The van der Waals surface area contributed by atoms with Crippen molar-refractivity contribution in [2.45, 2.75) is 33.2 Å². The summed E-state index contributed by atoms with van der Waals surface area (Å²) in [5.74, 6) is 0.651. The van der Waals surface area contributed by atoms with E-state index < -0.39 is 0 Å². The van der Waals surface area contributed by atoms with Gasteiger partial charge in [0.1, 0.15) is 17.1 Å². The molecule has 4 heterocycles. The topological polar surface area (TPSA) is 77.0 Å². The lowest BCUT2D eigenvalue weighted by Crippen LogP contribution is -2.33. The van der Waals surface area contributed by atoms with E-state index in [1.54, 1.807) is 30.6 Å². The quantitative estimate of drug-likeness (QED) is 0.471. The highest BCUT2D eigenvalue weighted by molar-refractivity contribution is 5.86. The highest BCUT2D eigenvalue weighted by Gasteiger charge is 2.22. The van der Waals surface area contributed by atoms with Gasteiger partial charge in [-0.25, -0.2) is 4.39 Å². The van der Waals surface area contributed by atoms with Crippen LogP contribution in [-0.2, 0) is 6.54 Å². The van der Waals surface area contributed by atoms with Gasteiger partial charge in [0.25, 0.3) is 5.89 Å². The number of pyridine rings is 2. The van der Waals surface area contributed by atoms with Crippen molar-refractivity contribution in [3.63, 3.8) is 0 Å². The number of aromatic nitrogens is 4. The lowest BCUT2D eigenvalue weighted by molar-refractivity contribution is 0.431. The molecule has 164 valence electrons. The molecule has 0 atom stereocenters. The van der Waals surface area contributed by atoms with Gasteiger partial charge in [0.05, 0.1) is 11.2 Å². The maximum absolute atomic E-state index is 15.1. The van der Waals surface area contributed by atoms with Crippen LogP contribution in [0.1, 0.15) is 26.7 Å². The zero-order valence-corrected chi connectivity index (χ0v) is 18.1. The summed E-state index contributed by atoms with van der Waals surface area (Å²) in [7, 11) is 0. The molecule has 5 rings (SSSR count). The maximum Gasteiger partial charge on any atom is 0.263 e. The van der Waals surface area contributed by atoms with Crippen molar-refractivity contribution in [2.24, 2.45) is 5.92 Å². The zero-order valence-electron chi connectivity index (χ0n) is 18.1. The molecule has 32 heavy (non-hydrogen) atoms. The lowest BCUT2D eigenvalue weighted by atomic mass is 9.98. The van der Waals surface area contributed by atoms with E-state index in [2.05, 4.69) is 26.9 Å². The van der Waals surface area contributed by atoms with Gasteiger partial charge in [-0.15, -0.1) is 0 Å². The number of hydrogen-bond donors (Lipinski definition) is 0. The van der Waals surface area contributed by atoms with E-state index in [9.17, 15) is 4.79 Å². The molecule has 1 saturated heterocycles. The SMILES string of the molecule is CCn1cc(-c2nc(-c3ccccn3)no2)c(=O)c2cc(F)c(N3CCC(C)CC3)cc21. The van der Waals surface area contributed by atoms with Gasteiger partial charge in [-0.3, -0.25) is 9.78 Å². The Kier molecular flexibility index (Phi) is 5.20. The number of hydrogen-bond acceptors (Lipinski definition) is 6. The predicted octanol–water partition coefficient (Wildman–Crippen LogP) is 4.51. The molecule has 3 aromatic heterocycles. The number of piperidine rings is 1. The highest BCUT2D eigenvalue weighted by atomic mass is 19.1. The van der Waals surface area contributed by atoms with Crippen LogP contribution in [0.5, 0.6) is 0 Å². The molecule has 0 unspecified atom stereocenters. The third-order valence-electron chi connectivity index (χ3n) is 6.16. The molecule has 1 aliphatic heterocycles. The summed E-state index contributed by atoms with van der Waals surface area (Å²) in [4.78, 5) is 23.9. The van der Waals surface area contributed by atoms with Crippen molar-refractivity contribution >= 4 is 16.6 Å². The highest BCUT2D eigenvalue weighted by Crippen LogP contribution is 2.30. The normalized spacial score (nSPS) is 14.9. The summed E-state index contributed by atoms with van der Waals surface area (Å²) in [6.07, 6.45) is 5.41. The predicted molar refractivity (Wildman–Crippen MR) is 121 cm³/mol. The van der Waals surface area contributed by atoms with Gasteiger partial charge in [0.15, 0.2) is 0 Å². The standard InChI is InChI=1S/C24H24FN5O2/c1-3-29-14-17(24-27-23(28-32-24)19-6-4-5-9-26-19)22(31)16-12-18(25)21(13-20(16)29)30-10-7-15(2)8-11-30/h4-6,9,12-15H,3,7-8,10-11H2,1-2H3. The summed E-state index contributed by atoms with van der Waals surface area (Å²) in [6.45, 7) is 6.44. The minimum Gasteiger partial charge on any atom is -0.369 e. The molecular weight excluding hydrogens is 409 g/mol. The fourth-order valence-electron chi connectivity index (χ4n) is 4.24. The molecule has 1 aromatic carbocycles. The minimum atomic E-state index is -0.386. The van der Waals surface area contributed by atoms with Crippen molar-refractivity contribution < 1.29 is 8.91 Å². The largest absolute Gasteiger partial charge is 0.369 e. The first-order valence-corrected chi connectivity index (χ1v) is 10.9. The van der Waals surface area contributed by atoms with Crippen molar-refractivity contribution in [3.05, 3.63) is 58.8 Å². The summed E-state index contributed by atoms with van der Waals surface area (Å²) < 4.78 is 22.4. The van der Waals surface area contributed by atoms with Crippen LogP contribution in [0.25, 0.3) is 33.9 Å². The summed E-state index contributed by atoms with van der Waals surface area (Å²) in [6, 6.07) is 8.51. The molecule has 1 aliphatic rings. The van der Waals surface area contributed by atoms with Gasteiger partial charge in [0.2, 0.25) is 11.3 Å². The molecule has 0 spiro atoms. The average Bonchev–Trinajstić information content (AvgIpc) is 3.31. The van der Waals surface area contributed by atoms with Crippen LogP contribution in [0, 0.1) is 11.7 Å². The molecule has 0 amide bonds. The number of anilines is 1. The fourth-order valence-corrected chi connectivity index (χ4v) is 4.24. The number of aryl methyl sites for hydroxylation is 1. The van der Waals surface area contributed by atoms with E-state index in [0.29, 0.717) is 40.6 Å². The average molecular weight is 433 g/mol. The maximum atomic E-state index is 15.1. The van der Waals surface area contributed by atoms with Gasteiger partial charge >= 0.3 is 0 Å². The summed E-state index contributed by atoms with van der Waals surface area (Å²) >= 11 is 0. The van der Waals surface area contributed by atoms with Crippen molar-refractivity contribution in [1.82, 2.24) is 19.7 Å². The van der Waals surface area contributed by atoms with E-state index in [4.69, 9.17) is 4.52 Å². The number of fused-ring (bicyclic) bond motifs is 1. The minimum absolute atomic E-state index is 0.0919. The second-order valence-electron chi connectivity index (χ2n) is 8.29. The third-order valence-corrected chi connectivity index (χ3v) is 6.16. The van der Waals surface area contributed by atoms with Crippen LogP contribution in [0.15, 0.2) is 52.0 Å².